The minimum Gasteiger partial charge on any atom is -0.365 e. The average Bonchev–Trinajstić information content (AvgIpc) is 3.02. The third-order valence-corrected chi connectivity index (χ3v) is 5.21. The van der Waals surface area contributed by atoms with E-state index in [4.69, 9.17) is 0 Å². The maximum Gasteiger partial charge on any atom is 0.282 e. The van der Waals surface area contributed by atoms with Gasteiger partial charge in [-0.1, -0.05) is 60.2 Å². The SMILES string of the molecule is Cc1ccc(C2=C(N(C)Cc3ccccc3)C(=O)N(c3ccc(F)c(F)c3)C2=O)cc1. The molecule has 0 spiro atoms. The Labute approximate surface area is 179 Å². The summed E-state index contributed by atoms with van der Waals surface area (Å²) in [5.41, 5.74) is 2.99. The number of carbonyl (C=O) groups is 2. The van der Waals surface area contributed by atoms with Gasteiger partial charge in [0.25, 0.3) is 11.8 Å². The fourth-order valence-corrected chi connectivity index (χ4v) is 3.65. The zero-order valence-electron chi connectivity index (χ0n) is 17.1. The normalized spacial score (nSPS) is 13.9. The molecule has 4 nitrogen and oxygen atoms in total. The van der Waals surface area contributed by atoms with Gasteiger partial charge in [0, 0.05) is 19.7 Å². The van der Waals surface area contributed by atoms with Crippen molar-refractivity contribution >= 4 is 23.1 Å². The lowest BCUT2D eigenvalue weighted by atomic mass is 10.0. The van der Waals surface area contributed by atoms with Crippen molar-refractivity contribution in [3.05, 3.63) is 107 Å². The number of carbonyl (C=O) groups excluding carboxylic acids is 2. The Balaban J connectivity index is 1.80. The summed E-state index contributed by atoms with van der Waals surface area (Å²) in [5, 5.41) is 0. The van der Waals surface area contributed by atoms with Gasteiger partial charge in [0.2, 0.25) is 0 Å². The lowest BCUT2D eigenvalue weighted by Crippen LogP contribution is -2.34. The molecule has 1 aliphatic rings. The third-order valence-electron chi connectivity index (χ3n) is 5.21. The van der Waals surface area contributed by atoms with Gasteiger partial charge >= 0.3 is 0 Å². The number of halogens is 2. The van der Waals surface area contributed by atoms with Crippen LogP contribution in [0.4, 0.5) is 14.5 Å². The van der Waals surface area contributed by atoms with Crippen LogP contribution >= 0.6 is 0 Å². The van der Waals surface area contributed by atoms with E-state index in [1.807, 2.05) is 49.4 Å². The molecule has 1 aliphatic heterocycles. The number of amides is 2. The number of nitrogens with zero attached hydrogens (tertiary/aromatic N) is 2. The summed E-state index contributed by atoms with van der Waals surface area (Å²) >= 11 is 0. The molecule has 3 aromatic carbocycles. The van der Waals surface area contributed by atoms with Crippen LogP contribution in [0.25, 0.3) is 5.57 Å². The van der Waals surface area contributed by atoms with Gasteiger partial charge < -0.3 is 4.90 Å². The van der Waals surface area contributed by atoms with Crippen molar-refractivity contribution in [2.75, 3.05) is 11.9 Å². The highest BCUT2D eigenvalue weighted by molar-refractivity contribution is 6.45. The van der Waals surface area contributed by atoms with E-state index >= 15 is 0 Å². The zero-order valence-corrected chi connectivity index (χ0v) is 17.1. The highest BCUT2D eigenvalue weighted by Crippen LogP contribution is 2.35. The van der Waals surface area contributed by atoms with Crippen LogP contribution in [0, 0.1) is 18.6 Å². The van der Waals surface area contributed by atoms with Gasteiger partial charge in [-0.05, 0) is 30.2 Å². The van der Waals surface area contributed by atoms with Gasteiger partial charge in [-0.3, -0.25) is 9.59 Å². The van der Waals surface area contributed by atoms with E-state index in [2.05, 4.69) is 0 Å². The fraction of sp³-hybridized carbons (Fsp3) is 0.120. The molecule has 0 saturated carbocycles. The largest absolute Gasteiger partial charge is 0.365 e. The molecular formula is C25H20F2N2O2. The topological polar surface area (TPSA) is 40.6 Å². The second-order valence-corrected chi connectivity index (χ2v) is 7.48. The van der Waals surface area contributed by atoms with Gasteiger partial charge in [-0.25, -0.2) is 13.7 Å². The molecule has 0 atom stereocenters. The molecule has 156 valence electrons. The van der Waals surface area contributed by atoms with Crippen LogP contribution in [0.1, 0.15) is 16.7 Å². The Morgan fingerprint density at radius 3 is 2.16 bits per heavy atom. The summed E-state index contributed by atoms with van der Waals surface area (Å²) in [6.07, 6.45) is 0. The summed E-state index contributed by atoms with van der Waals surface area (Å²) in [5.74, 6) is -3.32. The number of imide groups is 1. The van der Waals surface area contributed by atoms with E-state index in [1.54, 1.807) is 24.1 Å². The number of likely N-dealkylation sites (N-methyl/N-ethyl adjacent to an activating group) is 1. The highest BCUT2D eigenvalue weighted by atomic mass is 19.2. The first-order valence-electron chi connectivity index (χ1n) is 9.77. The molecule has 0 aliphatic carbocycles. The van der Waals surface area contributed by atoms with Crippen molar-refractivity contribution in [2.24, 2.45) is 0 Å². The minimum absolute atomic E-state index is 0.0124. The lowest BCUT2D eigenvalue weighted by molar-refractivity contribution is -0.120. The summed E-state index contributed by atoms with van der Waals surface area (Å²) < 4.78 is 27.3. The van der Waals surface area contributed by atoms with Crippen molar-refractivity contribution < 1.29 is 18.4 Å². The van der Waals surface area contributed by atoms with E-state index in [9.17, 15) is 18.4 Å². The second-order valence-electron chi connectivity index (χ2n) is 7.48. The first-order valence-corrected chi connectivity index (χ1v) is 9.77. The van der Waals surface area contributed by atoms with Gasteiger partial charge in [0.05, 0.1) is 11.3 Å². The van der Waals surface area contributed by atoms with Crippen molar-refractivity contribution in [3.63, 3.8) is 0 Å². The number of hydrogen-bond acceptors (Lipinski definition) is 3. The molecule has 0 aromatic heterocycles. The van der Waals surface area contributed by atoms with E-state index in [0.29, 0.717) is 12.1 Å². The zero-order chi connectivity index (χ0) is 22.1. The second kappa shape index (κ2) is 8.14. The van der Waals surface area contributed by atoms with Gasteiger partial charge in [-0.2, -0.15) is 0 Å². The summed E-state index contributed by atoms with van der Waals surface area (Å²) in [4.78, 5) is 29.4. The van der Waals surface area contributed by atoms with E-state index in [1.165, 1.54) is 6.07 Å². The smallest absolute Gasteiger partial charge is 0.282 e. The summed E-state index contributed by atoms with van der Waals surface area (Å²) in [7, 11) is 1.73. The molecule has 0 saturated heterocycles. The van der Waals surface area contributed by atoms with Crippen LogP contribution in [-0.4, -0.2) is 23.8 Å². The molecule has 0 bridgehead atoms. The summed E-state index contributed by atoms with van der Waals surface area (Å²) in [6, 6.07) is 19.8. The van der Waals surface area contributed by atoms with Crippen LogP contribution in [-0.2, 0) is 16.1 Å². The van der Waals surface area contributed by atoms with Gasteiger partial charge in [-0.15, -0.1) is 0 Å². The molecular weight excluding hydrogens is 398 g/mol. The van der Waals surface area contributed by atoms with Crippen LogP contribution in [0.15, 0.2) is 78.5 Å². The molecule has 6 heteroatoms. The van der Waals surface area contributed by atoms with Crippen molar-refractivity contribution in [1.82, 2.24) is 4.90 Å². The Kier molecular flexibility index (Phi) is 5.38. The predicted molar refractivity (Wildman–Crippen MR) is 115 cm³/mol. The first kappa shape index (κ1) is 20.5. The van der Waals surface area contributed by atoms with Crippen LogP contribution in [0.3, 0.4) is 0 Å². The molecule has 4 rings (SSSR count). The number of aryl methyl sites for hydroxylation is 1. The average molecular weight is 418 g/mol. The van der Waals surface area contributed by atoms with Crippen LogP contribution < -0.4 is 4.90 Å². The Morgan fingerprint density at radius 1 is 0.839 bits per heavy atom. The maximum atomic E-state index is 13.8. The van der Waals surface area contributed by atoms with E-state index in [-0.39, 0.29) is 17.0 Å². The Morgan fingerprint density at radius 2 is 1.52 bits per heavy atom. The molecule has 31 heavy (non-hydrogen) atoms. The Bertz CT molecular complexity index is 1190. The number of rotatable bonds is 5. The van der Waals surface area contributed by atoms with E-state index < -0.39 is 23.4 Å². The minimum atomic E-state index is -1.12. The standard InChI is InChI=1S/C25H20F2N2O2/c1-16-8-10-18(11-9-16)22-23(28(2)15-17-6-4-3-5-7-17)25(31)29(24(22)30)19-12-13-20(26)21(27)14-19/h3-14H,15H2,1-2H3. The molecule has 0 N–H and O–H groups in total. The number of anilines is 1. The monoisotopic (exact) mass is 418 g/mol. The highest BCUT2D eigenvalue weighted by Gasteiger charge is 2.42. The van der Waals surface area contributed by atoms with E-state index in [0.717, 1.165) is 28.2 Å². The van der Waals surface area contributed by atoms with Gasteiger partial charge in [0.1, 0.15) is 5.70 Å². The predicted octanol–water partition coefficient (Wildman–Crippen LogP) is 4.69. The first-order chi connectivity index (χ1) is 14.9. The molecule has 0 fully saturated rings. The van der Waals surface area contributed by atoms with Crippen molar-refractivity contribution in [3.8, 4) is 0 Å². The van der Waals surface area contributed by atoms with Crippen molar-refractivity contribution in [2.45, 2.75) is 13.5 Å². The van der Waals surface area contributed by atoms with Crippen molar-refractivity contribution in [1.29, 1.82) is 0 Å². The molecule has 3 aromatic rings. The van der Waals surface area contributed by atoms with Gasteiger partial charge in [0.15, 0.2) is 11.6 Å². The maximum absolute atomic E-state index is 13.8. The summed E-state index contributed by atoms with van der Waals surface area (Å²) in [6.45, 7) is 2.33. The molecule has 0 radical (unpaired) electrons. The molecule has 0 unspecified atom stereocenters. The number of benzene rings is 3. The lowest BCUT2D eigenvalue weighted by Gasteiger charge is -2.21. The van der Waals surface area contributed by atoms with Crippen LogP contribution in [0.2, 0.25) is 0 Å². The molecule has 2 amide bonds. The fourth-order valence-electron chi connectivity index (χ4n) is 3.65. The van der Waals surface area contributed by atoms with Crippen LogP contribution in [0.5, 0.6) is 0 Å². The quantitative estimate of drug-likeness (QED) is 0.565. The Hall–Kier alpha value is -3.80. The number of hydrogen-bond donors (Lipinski definition) is 0. The molecule has 1 heterocycles. The third kappa shape index (κ3) is 3.84.